The number of hydrogen-bond acceptors (Lipinski definition) is 12. The summed E-state index contributed by atoms with van der Waals surface area (Å²) in [7, 11) is -3.04. The second-order valence-electron chi connectivity index (χ2n) is 10.9. The minimum Gasteiger partial charge on any atom is -0.432 e. The maximum atomic E-state index is 12.0. The van der Waals surface area contributed by atoms with Gasteiger partial charge in [0.25, 0.3) is 0 Å². The van der Waals surface area contributed by atoms with E-state index in [1.165, 1.54) is 0 Å². The van der Waals surface area contributed by atoms with Crippen molar-refractivity contribution >= 4 is 50.8 Å². The molecule has 0 aliphatic rings. The van der Waals surface area contributed by atoms with Crippen molar-refractivity contribution in [1.29, 1.82) is 0 Å². The molecule has 0 amide bonds. The van der Waals surface area contributed by atoms with E-state index in [-0.39, 0.29) is 24.3 Å². The summed E-state index contributed by atoms with van der Waals surface area (Å²) in [6.07, 6.45) is -2.58. The van der Waals surface area contributed by atoms with Crippen molar-refractivity contribution < 1.29 is 58.3 Å². The molecule has 0 saturated carbocycles. The summed E-state index contributed by atoms with van der Waals surface area (Å²) >= 11 is 0. The number of benzene rings is 2. The van der Waals surface area contributed by atoms with E-state index in [4.69, 9.17) is 9.47 Å². The van der Waals surface area contributed by atoms with Gasteiger partial charge in [0.2, 0.25) is 0 Å². The Morgan fingerprint density at radius 1 is 0.575 bits per heavy atom. The minimum atomic E-state index is -1.52. The Morgan fingerprint density at radius 2 is 0.900 bits per heavy atom. The van der Waals surface area contributed by atoms with Gasteiger partial charge in [-0.3, -0.25) is 9.78 Å². The summed E-state index contributed by atoms with van der Waals surface area (Å²) in [5, 5.41) is 10.7. The molecule has 0 aromatic heterocycles. The van der Waals surface area contributed by atoms with Crippen LogP contribution in [0.3, 0.4) is 0 Å². The van der Waals surface area contributed by atoms with Crippen molar-refractivity contribution in [2.75, 3.05) is 13.2 Å². The van der Waals surface area contributed by atoms with Crippen molar-refractivity contribution in [3.63, 3.8) is 0 Å². The average Bonchev–Trinajstić information content (AvgIpc) is 2.89. The zero-order valence-electron chi connectivity index (χ0n) is 23.5. The topological polar surface area (TPSA) is 142 Å². The maximum absolute atomic E-state index is 12.0. The zero-order chi connectivity index (χ0) is 29.9. The molecule has 0 spiro atoms. The van der Waals surface area contributed by atoms with Crippen LogP contribution in [-0.2, 0) is 39.1 Å². The van der Waals surface area contributed by atoms with Crippen molar-refractivity contribution in [1.82, 2.24) is 0 Å². The van der Waals surface area contributed by atoms with Gasteiger partial charge in [-0.05, 0) is 24.3 Å². The molecule has 2 aromatic carbocycles. The number of ether oxygens (including phenoxy) is 2. The molecule has 2 rings (SSSR count). The minimum absolute atomic E-state index is 0.214. The van der Waals surface area contributed by atoms with Gasteiger partial charge in [-0.1, -0.05) is 80.8 Å². The molecule has 0 heterocycles. The fraction of sp³-hybridized carbons (Fsp3) is 0.385. The van der Waals surface area contributed by atoms with Crippen LogP contribution in [0, 0.1) is 5.92 Å². The summed E-state index contributed by atoms with van der Waals surface area (Å²) in [6, 6.07) is 13.7. The summed E-state index contributed by atoms with van der Waals surface area (Å²) in [5.74, 6) is -2.22. The van der Waals surface area contributed by atoms with Gasteiger partial charge >= 0.3 is 24.2 Å². The molecule has 218 valence electrons. The van der Waals surface area contributed by atoms with Crippen LogP contribution < -0.4 is 10.4 Å². The molecule has 40 heavy (non-hydrogen) atoms. The van der Waals surface area contributed by atoms with Gasteiger partial charge in [0.05, 0.1) is 37.4 Å². The van der Waals surface area contributed by atoms with Gasteiger partial charge in [0.1, 0.15) is 13.2 Å². The molecule has 14 heteroatoms. The highest BCUT2D eigenvalue weighted by Crippen LogP contribution is 2.08. The van der Waals surface area contributed by atoms with Gasteiger partial charge in [0.15, 0.2) is 0 Å². The van der Waals surface area contributed by atoms with Crippen molar-refractivity contribution in [3.05, 3.63) is 59.7 Å². The van der Waals surface area contributed by atoms with Crippen LogP contribution in [0.15, 0.2) is 48.5 Å². The quantitative estimate of drug-likeness (QED) is 0.148. The molecule has 0 radical (unpaired) electrons. The SMILES string of the molecule is CC(COC(=O)OOOC(=O)c1ccc([Si](C)(C)C)cc1)COC(=O)OOOC(=O)c1ccc([Si](C)(C)C)cc1. The Labute approximate surface area is 234 Å². The maximum Gasteiger partial charge on any atom is 0.543 e. The van der Waals surface area contributed by atoms with E-state index in [1.807, 2.05) is 24.3 Å². The first kappa shape index (κ1) is 32.5. The summed E-state index contributed by atoms with van der Waals surface area (Å²) in [6.45, 7) is 14.1. The van der Waals surface area contributed by atoms with Crippen LogP contribution >= 0.6 is 0 Å². The molecular formula is C26H34O12Si2. The van der Waals surface area contributed by atoms with Crippen LogP contribution in [0.5, 0.6) is 0 Å². The molecule has 0 bridgehead atoms. The highest BCUT2D eigenvalue weighted by atomic mass is 28.3. The Balaban J connectivity index is 1.58. The normalized spacial score (nSPS) is 11.4. The second-order valence-corrected chi connectivity index (χ2v) is 21.1. The Kier molecular flexibility index (Phi) is 11.9. The predicted octanol–water partition coefficient (Wildman–Crippen LogP) is 4.43. The van der Waals surface area contributed by atoms with Crippen molar-refractivity contribution in [2.45, 2.75) is 46.2 Å². The van der Waals surface area contributed by atoms with Crippen LogP contribution in [-0.4, -0.2) is 53.6 Å². The first-order valence-electron chi connectivity index (χ1n) is 12.3. The van der Waals surface area contributed by atoms with Gasteiger partial charge in [-0.2, -0.15) is 0 Å². The molecule has 0 fully saturated rings. The predicted molar refractivity (Wildman–Crippen MR) is 146 cm³/mol. The highest BCUT2D eigenvalue weighted by molar-refractivity contribution is 6.89. The Hall–Kier alpha value is -3.73. The number of carbonyl (C=O) groups is 4. The molecule has 0 atom stereocenters. The van der Waals surface area contributed by atoms with Gasteiger partial charge in [-0.15, -0.1) is 0 Å². The van der Waals surface area contributed by atoms with E-state index in [0.717, 1.165) is 10.4 Å². The largest absolute Gasteiger partial charge is 0.543 e. The van der Waals surface area contributed by atoms with Crippen LogP contribution in [0.4, 0.5) is 9.59 Å². The van der Waals surface area contributed by atoms with Gasteiger partial charge < -0.3 is 9.47 Å². The average molecular weight is 595 g/mol. The summed E-state index contributed by atoms with van der Waals surface area (Å²) in [4.78, 5) is 64.4. The Bertz CT molecular complexity index is 1060. The standard InChI is InChI=1S/C26H34O12Si2/c1-18(16-31-25(29)35-37-33-23(27)19-8-12-21(13-9-19)39(2,3)4)17-32-26(30)36-38-34-24(28)20-10-14-22(15-11-20)40(5,6)7/h8-15,18H,16-17H2,1-7H3. The van der Waals surface area contributed by atoms with E-state index in [2.05, 4.69) is 68.9 Å². The molecule has 12 nitrogen and oxygen atoms in total. The summed E-state index contributed by atoms with van der Waals surface area (Å²) in [5.41, 5.74) is 0.429. The lowest BCUT2D eigenvalue weighted by atomic mass is 10.2. The van der Waals surface area contributed by atoms with E-state index in [0.29, 0.717) is 0 Å². The smallest absolute Gasteiger partial charge is 0.432 e. The van der Waals surface area contributed by atoms with Crippen molar-refractivity contribution in [3.8, 4) is 0 Å². The third-order valence-corrected chi connectivity index (χ3v) is 9.50. The number of rotatable bonds is 12. The molecule has 0 unspecified atom stereocenters. The number of carbonyl (C=O) groups excluding carboxylic acids is 4. The van der Waals surface area contributed by atoms with E-state index in [1.54, 1.807) is 31.2 Å². The zero-order valence-corrected chi connectivity index (χ0v) is 25.5. The third-order valence-electron chi connectivity index (χ3n) is 5.37. The molecule has 0 aliphatic carbocycles. The molecule has 0 aliphatic heterocycles. The van der Waals surface area contributed by atoms with Gasteiger partial charge in [0, 0.05) is 5.92 Å². The number of hydrogen-bond donors (Lipinski definition) is 0. The molecule has 2 aromatic rings. The lowest BCUT2D eigenvalue weighted by Gasteiger charge is -2.16. The van der Waals surface area contributed by atoms with E-state index >= 15 is 0 Å². The lowest BCUT2D eigenvalue weighted by Crippen LogP contribution is -2.37. The van der Waals surface area contributed by atoms with Crippen LogP contribution in [0.2, 0.25) is 39.3 Å². The molecule has 0 saturated heterocycles. The fourth-order valence-corrected chi connectivity index (χ4v) is 5.31. The monoisotopic (exact) mass is 594 g/mol. The molecular weight excluding hydrogens is 560 g/mol. The van der Waals surface area contributed by atoms with E-state index in [9.17, 15) is 19.2 Å². The van der Waals surface area contributed by atoms with Gasteiger partial charge in [-0.25, -0.2) is 29.0 Å². The highest BCUT2D eigenvalue weighted by Gasteiger charge is 2.20. The summed E-state index contributed by atoms with van der Waals surface area (Å²) < 4.78 is 9.53. The Morgan fingerprint density at radius 3 is 1.20 bits per heavy atom. The van der Waals surface area contributed by atoms with Crippen LogP contribution in [0.25, 0.3) is 0 Å². The second kappa shape index (κ2) is 14.6. The first-order valence-corrected chi connectivity index (χ1v) is 19.3. The third kappa shape index (κ3) is 11.2. The first-order chi connectivity index (χ1) is 18.7. The van der Waals surface area contributed by atoms with E-state index < -0.39 is 46.3 Å². The fourth-order valence-electron chi connectivity index (χ4n) is 2.98. The van der Waals surface area contributed by atoms with Crippen LogP contribution in [0.1, 0.15) is 27.6 Å². The molecule has 0 N–H and O–H groups in total. The lowest BCUT2D eigenvalue weighted by molar-refractivity contribution is -0.452. The van der Waals surface area contributed by atoms with Crippen molar-refractivity contribution in [2.24, 2.45) is 5.92 Å².